The van der Waals surface area contributed by atoms with Gasteiger partial charge in [-0.05, 0) is 40.5 Å². The Morgan fingerprint density at radius 1 is 1.20 bits per heavy atom. The Bertz CT molecular complexity index is 774. The van der Waals surface area contributed by atoms with Crippen LogP contribution in [0.5, 0.6) is 0 Å². The minimum absolute atomic E-state index is 0.0779. The molecule has 1 aromatic carbocycles. The second-order valence-corrected chi connectivity index (χ2v) is 8.91. The molecule has 0 unspecified atom stereocenters. The molecule has 0 aliphatic rings. The van der Waals surface area contributed by atoms with Gasteiger partial charge in [0.05, 0.1) is 10.2 Å². The Morgan fingerprint density at radius 3 is 2.35 bits per heavy atom. The van der Waals surface area contributed by atoms with E-state index in [2.05, 4.69) is 20.7 Å². The number of halogens is 4. The third kappa shape index (κ3) is 3.26. The van der Waals surface area contributed by atoms with Gasteiger partial charge >= 0.3 is 0 Å². The molecule has 0 saturated heterocycles. The normalized spacial score (nSPS) is 11.7. The van der Waals surface area contributed by atoms with E-state index in [0.717, 1.165) is 16.9 Å². The summed E-state index contributed by atoms with van der Waals surface area (Å²) in [4.78, 5) is -0.0779. The van der Waals surface area contributed by atoms with Crippen molar-refractivity contribution in [1.82, 2.24) is 0 Å². The number of rotatable bonds is 3. The van der Waals surface area contributed by atoms with Crippen molar-refractivity contribution in [2.24, 2.45) is 0 Å². The summed E-state index contributed by atoms with van der Waals surface area (Å²) in [6, 6.07) is 4.87. The molecule has 0 saturated carbocycles. The number of sulfonamides is 1. The molecule has 20 heavy (non-hydrogen) atoms. The van der Waals surface area contributed by atoms with Crippen molar-refractivity contribution in [3.63, 3.8) is 0 Å². The molecule has 0 radical (unpaired) electrons. The molecular formula is C11H7BrCl3NO2S2. The molecular weight excluding hydrogens is 429 g/mol. The van der Waals surface area contributed by atoms with E-state index in [-0.39, 0.29) is 18.0 Å². The number of aryl methyl sites for hydroxylation is 1. The average molecular weight is 436 g/mol. The monoisotopic (exact) mass is 433 g/mol. The van der Waals surface area contributed by atoms with Crippen LogP contribution in [0.4, 0.5) is 5.69 Å². The van der Waals surface area contributed by atoms with Crippen LogP contribution in [-0.4, -0.2) is 8.42 Å². The third-order valence-electron chi connectivity index (χ3n) is 2.42. The van der Waals surface area contributed by atoms with Crippen LogP contribution < -0.4 is 4.72 Å². The van der Waals surface area contributed by atoms with Crippen molar-refractivity contribution < 1.29 is 8.42 Å². The first-order valence-corrected chi connectivity index (χ1v) is 9.37. The fourth-order valence-electron chi connectivity index (χ4n) is 1.43. The van der Waals surface area contributed by atoms with Crippen molar-refractivity contribution in [2.45, 2.75) is 11.8 Å². The zero-order valence-corrected chi connectivity index (χ0v) is 15.4. The number of hydrogen-bond donors (Lipinski definition) is 1. The minimum Gasteiger partial charge on any atom is -0.279 e. The van der Waals surface area contributed by atoms with Gasteiger partial charge in [0.15, 0.2) is 0 Å². The van der Waals surface area contributed by atoms with Crippen LogP contribution in [0.2, 0.25) is 13.7 Å². The first-order valence-electron chi connectivity index (χ1n) is 5.14. The molecule has 1 heterocycles. The first kappa shape index (κ1) is 16.4. The van der Waals surface area contributed by atoms with E-state index in [1.54, 1.807) is 12.1 Å². The lowest BCUT2D eigenvalue weighted by Gasteiger charge is -2.09. The highest BCUT2D eigenvalue weighted by molar-refractivity contribution is 9.10. The molecule has 0 spiro atoms. The van der Waals surface area contributed by atoms with Gasteiger partial charge < -0.3 is 0 Å². The largest absolute Gasteiger partial charge is 0.279 e. The van der Waals surface area contributed by atoms with Gasteiger partial charge in [0.25, 0.3) is 10.0 Å². The Hall–Kier alpha value is 0.0200. The Morgan fingerprint density at radius 2 is 1.85 bits per heavy atom. The average Bonchev–Trinajstić information content (AvgIpc) is 2.58. The first-order chi connectivity index (χ1) is 9.22. The summed E-state index contributed by atoms with van der Waals surface area (Å²) in [7, 11) is -3.84. The van der Waals surface area contributed by atoms with Gasteiger partial charge in [-0.2, -0.15) is 0 Å². The van der Waals surface area contributed by atoms with Crippen LogP contribution in [0.1, 0.15) is 5.56 Å². The van der Waals surface area contributed by atoms with Crippen molar-refractivity contribution >= 4 is 77.8 Å². The van der Waals surface area contributed by atoms with E-state index in [1.165, 1.54) is 6.07 Å². The van der Waals surface area contributed by atoms with Crippen LogP contribution >= 0.6 is 62.1 Å². The lowest BCUT2D eigenvalue weighted by Crippen LogP contribution is -2.13. The van der Waals surface area contributed by atoms with Gasteiger partial charge in [-0.25, -0.2) is 8.42 Å². The quantitative estimate of drug-likeness (QED) is 0.684. The number of benzene rings is 1. The SMILES string of the molecule is Cc1ccc(NS(=O)(=O)c2c(Cl)sc(Cl)c2Br)cc1Cl. The van der Waals surface area contributed by atoms with Crippen LogP contribution in [-0.2, 0) is 10.0 Å². The van der Waals surface area contributed by atoms with Gasteiger partial charge in [-0.15, -0.1) is 11.3 Å². The number of nitrogens with one attached hydrogen (secondary N) is 1. The molecule has 0 amide bonds. The molecule has 2 aromatic rings. The number of thiophene rings is 1. The molecule has 0 aliphatic heterocycles. The van der Waals surface area contributed by atoms with E-state index in [9.17, 15) is 8.42 Å². The fraction of sp³-hybridized carbons (Fsp3) is 0.0909. The maximum atomic E-state index is 12.3. The number of hydrogen-bond acceptors (Lipinski definition) is 3. The van der Waals surface area contributed by atoms with Crippen molar-refractivity contribution in [3.8, 4) is 0 Å². The summed E-state index contributed by atoms with van der Waals surface area (Å²) in [5.74, 6) is 0. The summed E-state index contributed by atoms with van der Waals surface area (Å²) in [5.41, 5.74) is 1.21. The van der Waals surface area contributed by atoms with Crippen molar-refractivity contribution in [3.05, 3.63) is 41.9 Å². The molecule has 1 aromatic heterocycles. The Balaban J connectivity index is 2.43. The summed E-state index contributed by atoms with van der Waals surface area (Å²) in [6.45, 7) is 1.83. The molecule has 1 N–H and O–H groups in total. The molecule has 3 nitrogen and oxygen atoms in total. The zero-order valence-electron chi connectivity index (χ0n) is 9.88. The summed E-state index contributed by atoms with van der Waals surface area (Å²) < 4.78 is 27.7. The maximum Gasteiger partial charge on any atom is 0.265 e. The predicted molar refractivity (Wildman–Crippen MR) is 89.0 cm³/mol. The second-order valence-electron chi connectivity index (χ2n) is 3.86. The topological polar surface area (TPSA) is 46.2 Å². The minimum atomic E-state index is -3.84. The van der Waals surface area contributed by atoms with Gasteiger partial charge in [0.2, 0.25) is 0 Å². The lowest BCUT2D eigenvalue weighted by molar-refractivity contribution is 0.601. The van der Waals surface area contributed by atoms with E-state index in [4.69, 9.17) is 34.8 Å². The Labute approximate surface area is 144 Å². The van der Waals surface area contributed by atoms with Crippen molar-refractivity contribution in [1.29, 1.82) is 0 Å². The maximum absolute atomic E-state index is 12.3. The predicted octanol–water partition coefficient (Wildman–Crippen LogP) is 5.58. The van der Waals surface area contributed by atoms with Gasteiger partial charge in [-0.3, -0.25) is 4.72 Å². The standard InChI is InChI=1S/C11H7BrCl3NO2S2/c1-5-2-3-6(4-7(5)13)16-20(17,18)9-8(12)10(14)19-11(9)15/h2-4,16H,1H3. The van der Waals surface area contributed by atoms with Gasteiger partial charge in [0.1, 0.15) is 13.6 Å². The third-order valence-corrected chi connectivity index (χ3v) is 7.67. The molecule has 108 valence electrons. The highest BCUT2D eigenvalue weighted by atomic mass is 79.9. The fourth-order valence-corrected chi connectivity index (χ4v) is 6.22. The number of anilines is 1. The van der Waals surface area contributed by atoms with Crippen LogP contribution in [0.15, 0.2) is 27.6 Å². The van der Waals surface area contributed by atoms with Crippen molar-refractivity contribution in [2.75, 3.05) is 4.72 Å². The Kier molecular flexibility index (Phi) is 4.94. The van der Waals surface area contributed by atoms with Gasteiger partial charge in [0, 0.05) is 5.02 Å². The zero-order chi connectivity index (χ0) is 15.1. The summed E-state index contributed by atoms with van der Waals surface area (Å²) in [5, 5.41) is 0.471. The highest BCUT2D eigenvalue weighted by Gasteiger charge is 2.26. The van der Waals surface area contributed by atoms with E-state index in [0.29, 0.717) is 10.7 Å². The smallest absolute Gasteiger partial charge is 0.265 e. The van der Waals surface area contributed by atoms with Gasteiger partial charge in [-0.1, -0.05) is 40.9 Å². The molecule has 9 heteroatoms. The molecule has 0 atom stereocenters. The second kappa shape index (κ2) is 6.02. The van der Waals surface area contributed by atoms with E-state index >= 15 is 0 Å². The molecule has 0 bridgehead atoms. The van der Waals surface area contributed by atoms with Crippen LogP contribution in [0.25, 0.3) is 0 Å². The lowest BCUT2D eigenvalue weighted by atomic mass is 10.2. The highest BCUT2D eigenvalue weighted by Crippen LogP contribution is 2.43. The molecule has 0 fully saturated rings. The summed E-state index contributed by atoms with van der Waals surface area (Å²) >= 11 is 21.8. The van der Waals surface area contributed by atoms with Crippen LogP contribution in [0, 0.1) is 6.92 Å². The summed E-state index contributed by atoms with van der Waals surface area (Å²) in [6.07, 6.45) is 0. The molecule has 2 rings (SSSR count). The van der Waals surface area contributed by atoms with Crippen LogP contribution in [0.3, 0.4) is 0 Å². The van der Waals surface area contributed by atoms with E-state index in [1.807, 2.05) is 6.92 Å². The molecule has 0 aliphatic carbocycles. The van der Waals surface area contributed by atoms with E-state index < -0.39 is 10.0 Å².